The first-order valence-electron chi connectivity index (χ1n) is 9.61. The van der Waals surface area contributed by atoms with Crippen LogP contribution in [-0.4, -0.2) is 62.2 Å². The predicted molar refractivity (Wildman–Crippen MR) is 114 cm³/mol. The summed E-state index contributed by atoms with van der Waals surface area (Å²) < 4.78 is 33.2. The average Bonchev–Trinajstić information content (AvgIpc) is 2.94. The Balaban J connectivity index is 1.94. The number of hydrogen-bond donors (Lipinski definition) is 2. The fourth-order valence-corrected chi connectivity index (χ4v) is 4.86. The van der Waals surface area contributed by atoms with Crippen molar-refractivity contribution in [1.29, 1.82) is 0 Å². The van der Waals surface area contributed by atoms with Gasteiger partial charge in [0.25, 0.3) is 15.9 Å². The topological polar surface area (TPSA) is 116 Å². The monoisotopic (exact) mass is 447 g/mol. The molecule has 2 aromatic rings. The van der Waals surface area contributed by atoms with Crippen molar-refractivity contribution in [3.8, 4) is 5.75 Å². The van der Waals surface area contributed by atoms with Crippen LogP contribution in [0.1, 0.15) is 13.8 Å². The number of hydrogen-bond acceptors (Lipinski definition) is 6. The van der Waals surface area contributed by atoms with Crippen LogP contribution in [0.15, 0.2) is 59.5 Å². The van der Waals surface area contributed by atoms with Crippen molar-refractivity contribution in [2.24, 2.45) is 0 Å². The zero-order valence-electron chi connectivity index (χ0n) is 17.5. The first-order chi connectivity index (χ1) is 14.6. The van der Waals surface area contributed by atoms with Gasteiger partial charge < -0.3 is 15.2 Å². The standard InChI is InChI=1S/C21H25N3O6S/c1-21(2)19(26)23(20(27)22-21)13-15(25)14-24(17-11-7-8-12-18(17)30-3)31(28,29)16-9-5-4-6-10-16/h4-12,15,25H,13-14H2,1-3H3,(H,22,27)/t15-/m0/s1. The summed E-state index contributed by atoms with van der Waals surface area (Å²) in [4.78, 5) is 25.5. The number of amides is 3. The second-order valence-electron chi connectivity index (χ2n) is 7.65. The Morgan fingerprint density at radius 3 is 2.29 bits per heavy atom. The van der Waals surface area contributed by atoms with Crippen LogP contribution in [0.25, 0.3) is 0 Å². The van der Waals surface area contributed by atoms with Gasteiger partial charge in [-0.2, -0.15) is 0 Å². The SMILES string of the molecule is COc1ccccc1N(C[C@@H](O)CN1C(=O)NC(C)(C)C1=O)S(=O)(=O)c1ccccc1. The second kappa shape index (κ2) is 8.56. The number of β-amino-alcohol motifs (C(OH)–C–C–N with tert-alkyl or cyclic N) is 1. The van der Waals surface area contributed by atoms with Crippen molar-refractivity contribution in [3.05, 3.63) is 54.6 Å². The highest BCUT2D eigenvalue weighted by Gasteiger charge is 2.45. The number of nitrogens with one attached hydrogen (secondary N) is 1. The van der Waals surface area contributed by atoms with E-state index in [2.05, 4.69) is 5.32 Å². The maximum absolute atomic E-state index is 13.4. The Labute approximate surface area is 181 Å². The number of carbonyl (C=O) groups excluding carboxylic acids is 2. The zero-order valence-corrected chi connectivity index (χ0v) is 18.3. The van der Waals surface area contributed by atoms with E-state index < -0.39 is 40.1 Å². The maximum atomic E-state index is 13.4. The number of benzene rings is 2. The molecule has 166 valence electrons. The van der Waals surface area contributed by atoms with E-state index in [1.165, 1.54) is 19.2 Å². The number of imide groups is 1. The number of aliphatic hydroxyl groups is 1. The summed E-state index contributed by atoms with van der Waals surface area (Å²) in [6.45, 7) is 2.36. The lowest BCUT2D eigenvalue weighted by Gasteiger charge is -2.29. The highest BCUT2D eigenvalue weighted by atomic mass is 32.2. The Hall–Kier alpha value is -3.11. The Kier molecular flexibility index (Phi) is 6.23. The summed E-state index contributed by atoms with van der Waals surface area (Å²) >= 11 is 0. The minimum absolute atomic E-state index is 0.0317. The third-order valence-corrected chi connectivity index (χ3v) is 6.69. The summed E-state index contributed by atoms with van der Waals surface area (Å²) in [5, 5.41) is 13.2. The third-order valence-electron chi connectivity index (χ3n) is 4.90. The molecule has 0 radical (unpaired) electrons. The molecule has 1 heterocycles. The molecule has 0 saturated carbocycles. The van der Waals surface area contributed by atoms with Gasteiger partial charge in [0.2, 0.25) is 0 Å². The van der Waals surface area contributed by atoms with Gasteiger partial charge in [-0.15, -0.1) is 0 Å². The minimum Gasteiger partial charge on any atom is -0.495 e. The van der Waals surface area contributed by atoms with Gasteiger partial charge in [-0.05, 0) is 38.1 Å². The third kappa shape index (κ3) is 4.49. The number of nitrogens with zero attached hydrogens (tertiary/aromatic N) is 2. The Bertz CT molecular complexity index is 1070. The van der Waals surface area contributed by atoms with Crippen molar-refractivity contribution >= 4 is 27.6 Å². The molecule has 3 amide bonds. The molecular formula is C21H25N3O6S. The van der Waals surface area contributed by atoms with Gasteiger partial charge in [0, 0.05) is 0 Å². The lowest BCUT2D eigenvalue weighted by Crippen LogP contribution is -2.45. The fraction of sp³-hybridized carbons (Fsp3) is 0.333. The molecule has 9 nitrogen and oxygen atoms in total. The second-order valence-corrected chi connectivity index (χ2v) is 9.51. The first kappa shape index (κ1) is 22.6. The van der Waals surface area contributed by atoms with E-state index in [1.54, 1.807) is 56.3 Å². The summed E-state index contributed by atoms with van der Waals surface area (Å²) in [6.07, 6.45) is -1.34. The van der Waals surface area contributed by atoms with Gasteiger partial charge in [0.1, 0.15) is 11.3 Å². The first-order valence-corrected chi connectivity index (χ1v) is 11.0. The van der Waals surface area contributed by atoms with E-state index in [-0.39, 0.29) is 17.1 Å². The normalized spacial score (nSPS) is 16.7. The molecule has 10 heteroatoms. The van der Waals surface area contributed by atoms with Crippen molar-refractivity contribution in [2.75, 3.05) is 24.5 Å². The number of sulfonamides is 1. The van der Waals surface area contributed by atoms with Gasteiger partial charge in [0.05, 0.1) is 36.9 Å². The predicted octanol–water partition coefficient (Wildman–Crippen LogP) is 1.58. The fourth-order valence-electron chi connectivity index (χ4n) is 3.33. The van der Waals surface area contributed by atoms with Crippen LogP contribution in [0, 0.1) is 0 Å². The molecule has 31 heavy (non-hydrogen) atoms. The molecule has 3 rings (SSSR count). The van der Waals surface area contributed by atoms with Crippen molar-refractivity contribution in [3.63, 3.8) is 0 Å². The molecule has 1 aliphatic rings. The Morgan fingerprint density at radius 2 is 1.71 bits per heavy atom. The molecule has 1 saturated heterocycles. The van der Waals surface area contributed by atoms with Gasteiger partial charge in [0.15, 0.2) is 0 Å². The number of carbonyl (C=O) groups is 2. The van der Waals surface area contributed by atoms with Crippen LogP contribution >= 0.6 is 0 Å². The van der Waals surface area contributed by atoms with E-state index in [1.807, 2.05) is 0 Å². The van der Waals surface area contributed by atoms with Gasteiger partial charge in [-0.1, -0.05) is 30.3 Å². The number of ether oxygens (including phenoxy) is 1. The van der Waals surface area contributed by atoms with Gasteiger partial charge >= 0.3 is 6.03 Å². The van der Waals surface area contributed by atoms with Crippen molar-refractivity contribution in [1.82, 2.24) is 10.2 Å². The molecule has 2 aromatic carbocycles. The lowest BCUT2D eigenvalue weighted by atomic mass is 10.1. The molecular weight excluding hydrogens is 422 g/mol. The molecule has 1 atom stereocenters. The van der Waals surface area contributed by atoms with E-state index in [9.17, 15) is 23.1 Å². The Morgan fingerprint density at radius 1 is 1.10 bits per heavy atom. The molecule has 0 unspecified atom stereocenters. The van der Waals surface area contributed by atoms with E-state index in [0.29, 0.717) is 5.75 Å². The molecule has 0 bridgehead atoms. The lowest BCUT2D eigenvalue weighted by molar-refractivity contribution is -0.131. The molecule has 0 aliphatic carbocycles. The van der Waals surface area contributed by atoms with Crippen LogP contribution in [0.4, 0.5) is 10.5 Å². The van der Waals surface area contributed by atoms with Crippen LogP contribution in [0.3, 0.4) is 0 Å². The van der Waals surface area contributed by atoms with Gasteiger partial charge in [-0.25, -0.2) is 13.2 Å². The minimum atomic E-state index is -4.08. The van der Waals surface area contributed by atoms with Crippen LogP contribution in [-0.2, 0) is 14.8 Å². The molecule has 0 spiro atoms. The number of aliphatic hydroxyl groups excluding tert-OH is 1. The van der Waals surface area contributed by atoms with Crippen molar-refractivity contribution < 1.29 is 27.9 Å². The number of rotatable bonds is 8. The number of anilines is 1. The molecule has 1 aliphatic heterocycles. The van der Waals surface area contributed by atoms with Crippen LogP contribution in [0.2, 0.25) is 0 Å². The summed E-state index contributed by atoms with van der Waals surface area (Å²) in [5.74, 6) is -0.198. The van der Waals surface area contributed by atoms with E-state index >= 15 is 0 Å². The molecule has 1 fully saturated rings. The average molecular weight is 448 g/mol. The van der Waals surface area contributed by atoms with Crippen LogP contribution in [0.5, 0.6) is 5.75 Å². The highest BCUT2D eigenvalue weighted by Crippen LogP contribution is 2.32. The summed E-state index contributed by atoms with van der Waals surface area (Å²) in [7, 11) is -2.66. The van der Waals surface area contributed by atoms with E-state index in [0.717, 1.165) is 9.21 Å². The quantitative estimate of drug-likeness (QED) is 0.594. The van der Waals surface area contributed by atoms with Gasteiger partial charge in [-0.3, -0.25) is 14.0 Å². The van der Waals surface area contributed by atoms with E-state index in [4.69, 9.17) is 4.74 Å². The number of methoxy groups -OCH3 is 1. The zero-order chi connectivity index (χ0) is 22.8. The summed E-state index contributed by atoms with van der Waals surface area (Å²) in [5.41, 5.74) is -0.861. The highest BCUT2D eigenvalue weighted by molar-refractivity contribution is 7.92. The molecule has 0 aromatic heterocycles. The van der Waals surface area contributed by atoms with Crippen molar-refractivity contribution in [2.45, 2.75) is 30.4 Å². The number of para-hydroxylation sites is 2. The number of urea groups is 1. The van der Waals surface area contributed by atoms with Crippen LogP contribution < -0.4 is 14.4 Å². The summed E-state index contributed by atoms with van der Waals surface area (Å²) in [6, 6.07) is 13.7. The smallest absolute Gasteiger partial charge is 0.325 e. The molecule has 2 N–H and O–H groups in total. The maximum Gasteiger partial charge on any atom is 0.325 e. The largest absolute Gasteiger partial charge is 0.495 e.